The molecule has 0 bridgehead atoms. The Hall–Kier alpha value is -1.84. The van der Waals surface area contributed by atoms with Gasteiger partial charge in [-0.2, -0.15) is 0 Å². The van der Waals surface area contributed by atoms with Crippen molar-refractivity contribution in [3.63, 3.8) is 0 Å². The molecule has 4 nitrogen and oxygen atoms in total. The van der Waals surface area contributed by atoms with Crippen molar-refractivity contribution in [2.75, 3.05) is 6.54 Å². The van der Waals surface area contributed by atoms with Gasteiger partial charge in [0.1, 0.15) is 0 Å². The summed E-state index contributed by atoms with van der Waals surface area (Å²) >= 11 is 0. The molecule has 0 aliphatic carbocycles. The van der Waals surface area contributed by atoms with E-state index in [-0.39, 0.29) is 17.7 Å². The van der Waals surface area contributed by atoms with Crippen LogP contribution in [-0.4, -0.2) is 23.5 Å². The average Bonchev–Trinajstić information content (AvgIpc) is 2.35. The minimum atomic E-state index is -0.834. The largest absolute Gasteiger partial charge is 0.481 e. The van der Waals surface area contributed by atoms with Crippen LogP contribution >= 0.6 is 0 Å². The number of carbonyl (C=O) groups is 2. The Morgan fingerprint density at radius 3 is 2.42 bits per heavy atom. The smallest absolute Gasteiger partial charge is 0.303 e. The highest BCUT2D eigenvalue weighted by Crippen LogP contribution is 2.26. The van der Waals surface area contributed by atoms with Gasteiger partial charge in [0.15, 0.2) is 0 Å². The molecule has 0 aromatic heterocycles. The third-order valence-electron chi connectivity index (χ3n) is 3.05. The van der Waals surface area contributed by atoms with Gasteiger partial charge in [-0.3, -0.25) is 9.59 Å². The molecule has 1 amide bonds. The minimum absolute atomic E-state index is 0.0424. The third-order valence-corrected chi connectivity index (χ3v) is 3.05. The molecule has 0 saturated heterocycles. The van der Waals surface area contributed by atoms with Crippen LogP contribution in [0, 0.1) is 0 Å². The van der Waals surface area contributed by atoms with Crippen LogP contribution < -0.4 is 5.32 Å². The zero-order valence-electron chi connectivity index (χ0n) is 11.5. The number of aliphatic carboxylic acids is 1. The van der Waals surface area contributed by atoms with Gasteiger partial charge in [-0.25, -0.2) is 0 Å². The Bertz CT molecular complexity index is 426. The van der Waals surface area contributed by atoms with E-state index in [2.05, 4.69) is 5.32 Å². The van der Waals surface area contributed by atoms with E-state index in [4.69, 9.17) is 5.11 Å². The Labute approximate surface area is 113 Å². The molecule has 0 fully saturated rings. The van der Waals surface area contributed by atoms with Crippen LogP contribution in [0.3, 0.4) is 0 Å². The van der Waals surface area contributed by atoms with Crippen molar-refractivity contribution in [3.8, 4) is 0 Å². The molecule has 1 aromatic carbocycles. The first-order valence-electron chi connectivity index (χ1n) is 6.46. The van der Waals surface area contributed by atoms with Crippen LogP contribution in [0.15, 0.2) is 30.3 Å². The van der Waals surface area contributed by atoms with Gasteiger partial charge >= 0.3 is 5.97 Å². The van der Waals surface area contributed by atoms with Crippen LogP contribution in [0.2, 0.25) is 0 Å². The van der Waals surface area contributed by atoms with Gasteiger partial charge in [0.25, 0.3) is 0 Å². The first kappa shape index (κ1) is 15.2. The average molecular weight is 263 g/mol. The maximum Gasteiger partial charge on any atom is 0.303 e. The van der Waals surface area contributed by atoms with Crippen molar-refractivity contribution < 1.29 is 14.7 Å². The quantitative estimate of drug-likeness (QED) is 0.742. The number of carboxylic acids is 1. The number of rotatable bonds is 7. The molecule has 0 atom stereocenters. The summed E-state index contributed by atoms with van der Waals surface area (Å²) in [5.41, 5.74) is 0.897. The lowest BCUT2D eigenvalue weighted by atomic mass is 9.81. The summed E-state index contributed by atoms with van der Waals surface area (Å²) < 4.78 is 0. The fourth-order valence-electron chi connectivity index (χ4n) is 1.92. The molecule has 1 rings (SSSR count). The van der Waals surface area contributed by atoms with Gasteiger partial charge in [0, 0.05) is 19.4 Å². The maximum atomic E-state index is 11.8. The van der Waals surface area contributed by atoms with Crippen molar-refractivity contribution in [2.45, 2.75) is 38.5 Å². The number of benzene rings is 1. The lowest BCUT2D eigenvalue weighted by Crippen LogP contribution is -2.31. The molecule has 0 aliphatic rings. The first-order valence-corrected chi connectivity index (χ1v) is 6.46. The van der Waals surface area contributed by atoms with Gasteiger partial charge in [0.05, 0.1) is 0 Å². The number of nitrogens with one attached hydrogen (secondary N) is 1. The highest BCUT2D eigenvalue weighted by molar-refractivity contribution is 5.77. The molecule has 0 heterocycles. The lowest BCUT2D eigenvalue weighted by Gasteiger charge is -2.24. The van der Waals surface area contributed by atoms with Crippen LogP contribution in [0.25, 0.3) is 0 Å². The zero-order chi connectivity index (χ0) is 14.3. The number of amides is 1. The van der Waals surface area contributed by atoms with E-state index in [1.165, 1.54) is 0 Å². The number of hydrogen-bond donors (Lipinski definition) is 2. The van der Waals surface area contributed by atoms with Crippen molar-refractivity contribution in [3.05, 3.63) is 35.9 Å². The normalized spacial score (nSPS) is 11.1. The van der Waals surface area contributed by atoms with E-state index < -0.39 is 5.97 Å². The minimum Gasteiger partial charge on any atom is -0.481 e. The molecule has 1 aromatic rings. The molecular weight excluding hydrogens is 242 g/mol. The summed E-state index contributed by atoms with van der Waals surface area (Å²) in [5.74, 6) is -0.877. The Balaban J connectivity index is 2.41. The van der Waals surface area contributed by atoms with E-state index in [0.717, 1.165) is 5.56 Å². The van der Waals surface area contributed by atoms with Gasteiger partial charge < -0.3 is 10.4 Å². The summed E-state index contributed by atoms with van der Waals surface area (Å²) in [4.78, 5) is 22.2. The van der Waals surface area contributed by atoms with E-state index >= 15 is 0 Å². The SMILES string of the molecule is CC(C)(CC(=O)NCCCC(=O)O)c1ccccc1. The maximum absolute atomic E-state index is 11.8. The Morgan fingerprint density at radius 1 is 1.21 bits per heavy atom. The second-order valence-electron chi connectivity index (χ2n) is 5.27. The second-order valence-corrected chi connectivity index (χ2v) is 5.27. The Kier molecular flexibility index (Phi) is 5.55. The molecule has 0 radical (unpaired) electrons. The molecule has 4 heteroatoms. The summed E-state index contributed by atoms with van der Waals surface area (Å²) in [7, 11) is 0. The van der Waals surface area contributed by atoms with Crippen LogP contribution in [0.1, 0.15) is 38.7 Å². The van der Waals surface area contributed by atoms with Crippen molar-refractivity contribution in [1.82, 2.24) is 5.32 Å². The number of hydrogen-bond acceptors (Lipinski definition) is 2. The van der Waals surface area contributed by atoms with Crippen molar-refractivity contribution >= 4 is 11.9 Å². The van der Waals surface area contributed by atoms with Crippen molar-refractivity contribution in [2.24, 2.45) is 0 Å². The lowest BCUT2D eigenvalue weighted by molar-refractivity contribution is -0.137. The topological polar surface area (TPSA) is 66.4 Å². The standard InChI is InChI=1S/C15H21NO3/c1-15(2,12-7-4-3-5-8-12)11-13(17)16-10-6-9-14(18)19/h3-5,7-8H,6,9-11H2,1-2H3,(H,16,17)(H,18,19). The predicted molar refractivity (Wildman–Crippen MR) is 74.0 cm³/mol. The van der Waals surface area contributed by atoms with E-state index in [9.17, 15) is 9.59 Å². The number of carbonyl (C=O) groups excluding carboxylic acids is 1. The molecule has 19 heavy (non-hydrogen) atoms. The molecule has 0 unspecified atom stereocenters. The highest BCUT2D eigenvalue weighted by Gasteiger charge is 2.23. The highest BCUT2D eigenvalue weighted by atomic mass is 16.4. The van der Waals surface area contributed by atoms with Crippen LogP contribution in [-0.2, 0) is 15.0 Å². The van der Waals surface area contributed by atoms with Crippen LogP contribution in [0.5, 0.6) is 0 Å². The van der Waals surface area contributed by atoms with Crippen molar-refractivity contribution in [1.29, 1.82) is 0 Å². The van der Waals surface area contributed by atoms with E-state index in [1.54, 1.807) is 0 Å². The molecule has 104 valence electrons. The van der Waals surface area contributed by atoms with Gasteiger partial charge in [-0.15, -0.1) is 0 Å². The van der Waals surface area contributed by atoms with Gasteiger partial charge in [-0.05, 0) is 17.4 Å². The van der Waals surface area contributed by atoms with Gasteiger partial charge in [-0.1, -0.05) is 44.2 Å². The zero-order valence-corrected chi connectivity index (χ0v) is 11.5. The van der Waals surface area contributed by atoms with E-state index in [1.807, 2.05) is 44.2 Å². The van der Waals surface area contributed by atoms with E-state index in [0.29, 0.717) is 19.4 Å². The third kappa shape index (κ3) is 5.55. The van der Waals surface area contributed by atoms with Crippen LogP contribution in [0.4, 0.5) is 0 Å². The molecule has 0 saturated carbocycles. The summed E-state index contributed by atoms with van der Waals surface area (Å²) in [6.45, 7) is 4.47. The molecule has 0 aliphatic heterocycles. The van der Waals surface area contributed by atoms with Gasteiger partial charge in [0.2, 0.25) is 5.91 Å². The summed E-state index contributed by atoms with van der Waals surface area (Å²) in [6.07, 6.45) is 0.944. The summed E-state index contributed by atoms with van der Waals surface area (Å²) in [6, 6.07) is 9.89. The first-order chi connectivity index (χ1) is 8.92. The summed E-state index contributed by atoms with van der Waals surface area (Å²) in [5, 5.41) is 11.3. The predicted octanol–water partition coefficient (Wildman–Crippen LogP) is 2.34. The molecular formula is C15H21NO3. The fraction of sp³-hybridized carbons (Fsp3) is 0.467. The fourth-order valence-corrected chi connectivity index (χ4v) is 1.92. The molecule has 2 N–H and O–H groups in total. The second kappa shape index (κ2) is 6.92. The number of carboxylic acid groups (broad SMARTS) is 1. The Morgan fingerprint density at radius 2 is 1.84 bits per heavy atom. The molecule has 0 spiro atoms. The monoisotopic (exact) mass is 263 g/mol.